The summed E-state index contributed by atoms with van der Waals surface area (Å²) in [7, 11) is 0. The number of aryl methyl sites for hydroxylation is 1. The van der Waals surface area contributed by atoms with Crippen LogP contribution in [0.4, 0.5) is 22.9 Å². The highest BCUT2D eigenvalue weighted by molar-refractivity contribution is 6.10. The molecular formula is C25H20N4O. The monoisotopic (exact) mass is 392 g/mol. The van der Waals surface area contributed by atoms with Crippen LogP contribution < -0.4 is 9.80 Å². The molecule has 0 N–H and O–H groups in total. The minimum atomic E-state index is 0.0303. The van der Waals surface area contributed by atoms with Gasteiger partial charge in [0.1, 0.15) is 6.17 Å². The summed E-state index contributed by atoms with van der Waals surface area (Å²) in [5, 5.41) is 2.11. The molecule has 0 radical (unpaired) electrons. The van der Waals surface area contributed by atoms with E-state index in [9.17, 15) is 0 Å². The van der Waals surface area contributed by atoms with Gasteiger partial charge in [-0.3, -0.25) is 0 Å². The zero-order chi connectivity index (χ0) is 20.2. The van der Waals surface area contributed by atoms with Crippen molar-refractivity contribution in [1.29, 1.82) is 0 Å². The molecule has 0 bridgehead atoms. The predicted octanol–water partition coefficient (Wildman–Crippen LogP) is 6.32. The van der Waals surface area contributed by atoms with Gasteiger partial charge < -0.3 is 14.2 Å². The zero-order valence-corrected chi connectivity index (χ0v) is 16.8. The van der Waals surface area contributed by atoms with Crippen molar-refractivity contribution in [3.63, 3.8) is 0 Å². The zero-order valence-electron chi connectivity index (χ0n) is 16.8. The third-order valence-electron chi connectivity index (χ3n) is 5.87. The molecule has 0 amide bonds. The lowest BCUT2D eigenvalue weighted by molar-refractivity contribution is 0.649. The van der Waals surface area contributed by atoms with Crippen LogP contribution in [0, 0.1) is 6.92 Å². The van der Waals surface area contributed by atoms with Gasteiger partial charge in [0, 0.05) is 28.9 Å². The van der Waals surface area contributed by atoms with Gasteiger partial charge >= 0.3 is 0 Å². The molecule has 0 aliphatic carbocycles. The van der Waals surface area contributed by atoms with Gasteiger partial charge in [0.15, 0.2) is 11.4 Å². The Bertz CT molecular complexity index is 1390. The lowest BCUT2D eigenvalue weighted by atomic mass is 10.1. The molecule has 146 valence electrons. The van der Waals surface area contributed by atoms with Crippen LogP contribution in [0.25, 0.3) is 22.1 Å². The Morgan fingerprint density at radius 1 is 0.800 bits per heavy atom. The average Bonchev–Trinajstić information content (AvgIpc) is 3.29. The van der Waals surface area contributed by atoms with E-state index in [0.717, 1.165) is 44.8 Å². The predicted molar refractivity (Wildman–Crippen MR) is 121 cm³/mol. The van der Waals surface area contributed by atoms with Gasteiger partial charge in [0.05, 0.1) is 11.4 Å². The summed E-state index contributed by atoms with van der Waals surface area (Å²) in [6.07, 6.45) is 3.65. The maximum atomic E-state index is 6.29. The first-order chi connectivity index (χ1) is 14.7. The van der Waals surface area contributed by atoms with Gasteiger partial charge in [-0.15, -0.1) is 0 Å². The van der Waals surface area contributed by atoms with Gasteiger partial charge in [-0.2, -0.15) is 0 Å². The second-order valence-electron chi connectivity index (χ2n) is 7.62. The van der Waals surface area contributed by atoms with E-state index >= 15 is 0 Å². The number of benzene rings is 2. The van der Waals surface area contributed by atoms with Gasteiger partial charge in [-0.1, -0.05) is 30.3 Å². The molecular weight excluding hydrogens is 372 g/mol. The van der Waals surface area contributed by atoms with Gasteiger partial charge in [0.2, 0.25) is 5.71 Å². The molecule has 2 aromatic carbocycles. The van der Waals surface area contributed by atoms with Gasteiger partial charge in [-0.05, 0) is 55.8 Å². The number of furan rings is 1. The second kappa shape index (κ2) is 6.32. The number of fused-ring (bicyclic) bond motifs is 4. The molecule has 5 aromatic rings. The van der Waals surface area contributed by atoms with Crippen LogP contribution in [-0.4, -0.2) is 16.1 Å². The summed E-state index contributed by atoms with van der Waals surface area (Å²) >= 11 is 0. The number of rotatable bonds is 2. The first kappa shape index (κ1) is 17.0. The molecule has 6 rings (SSSR count). The summed E-state index contributed by atoms with van der Waals surface area (Å²) < 4.78 is 6.29. The molecule has 30 heavy (non-hydrogen) atoms. The fourth-order valence-electron chi connectivity index (χ4n) is 4.55. The molecule has 0 spiro atoms. The summed E-state index contributed by atoms with van der Waals surface area (Å²) in [5.41, 5.74) is 5.92. The normalized spacial score (nSPS) is 15.9. The first-order valence-electron chi connectivity index (χ1n) is 10.1. The van der Waals surface area contributed by atoms with Crippen molar-refractivity contribution in [3.8, 4) is 0 Å². The van der Waals surface area contributed by atoms with Crippen molar-refractivity contribution < 1.29 is 4.42 Å². The number of para-hydroxylation sites is 1. The first-order valence-corrected chi connectivity index (χ1v) is 10.1. The van der Waals surface area contributed by atoms with Crippen LogP contribution in [0.15, 0.2) is 83.5 Å². The Morgan fingerprint density at radius 2 is 1.60 bits per heavy atom. The number of pyridine rings is 2. The highest BCUT2D eigenvalue weighted by Gasteiger charge is 2.37. The smallest absolute Gasteiger partial charge is 0.227 e. The number of hydrogen-bond acceptors (Lipinski definition) is 5. The molecule has 1 aliphatic rings. The minimum Gasteiger partial charge on any atom is -0.435 e. The molecule has 1 atom stereocenters. The van der Waals surface area contributed by atoms with Crippen molar-refractivity contribution in [2.75, 3.05) is 9.80 Å². The molecule has 5 nitrogen and oxygen atoms in total. The molecule has 4 heterocycles. The Labute approximate surface area is 174 Å². The summed E-state index contributed by atoms with van der Waals surface area (Å²) in [5.74, 6) is 0.946. The SMILES string of the molecule is Cc1ccc2c(oc3ncccc32)c1N1c2cccnc2N(c2ccccc2)C1C. The molecule has 5 heteroatoms. The molecule has 1 aliphatic heterocycles. The lowest BCUT2D eigenvalue weighted by Gasteiger charge is -2.30. The standard InChI is InChI=1S/C25H20N4O/c1-16-12-13-19-20-10-6-15-27-25(20)30-23(19)22(16)29-17(2)28(18-8-4-3-5-9-18)24-21(29)11-7-14-26-24/h3-15,17H,1-2H3. The van der Waals surface area contributed by atoms with Crippen molar-refractivity contribution in [2.45, 2.75) is 20.0 Å². The largest absolute Gasteiger partial charge is 0.435 e. The topological polar surface area (TPSA) is 45.4 Å². The Balaban J connectivity index is 1.63. The van der Waals surface area contributed by atoms with Crippen molar-refractivity contribution in [2.24, 2.45) is 0 Å². The Morgan fingerprint density at radius 3 is 2.47 bits per heavy atom. The van der Waals surface area contributed by atoms with Crippen molar-refractivity contribution >= 4 is 44.9 Å². The van der Waals surface area contributed by atoms with Crippen LogP contribution in [-0.2, 0) is 0 Å². The quantitative estimate of drug-likeness (QED) is 0.352. The maximum Gasteiger partial charge on any atom is 0.227 e. The molecule has 1 unspecified atom stereocenters. The van der Waals surface area contributed by atoms with E-state index in [1.165, 1.54) is 0 Å². The summed E-state index contributed by atoms with van der Waals surface area (Å²) in [4.78, 5) is 13.8. The fourth-order valence-corrected chi connectivity index (χ4v) is 4.55. The average molecular weight is 392 g/mol. The Hall–Kier alpha value is -3.86. The van der Waals surface area contributed by atoms with Crippen LogP contribution in [0.5, 0.6) is 0 Å². The molecule has 0 saturated carbocycles. The molecule has 0 saturated heterocycles. The van der Waals surface area contributed by atoms with E-state index in [1.54, 1.807) is 6.20 Å². The summed E-state index contributed by atoms with van der Waals surface area (Å²) in [6, 6.07) is 22.8. The second-order valence-corrected chi connectivity index (χ2v) is 7.62. The van der Waals surface area contributed by atoms with Gasteiger partial charge in [-0.25, -0.2) is 9.97 Å². The number of aromatic nitrogens is 2. The lowest BCUT2D eigenvalue weighted by Crippen LogP contribution is -2.35. The fraction of sp³-hybridized carbons (Fsp3) is 0.120. The maximum absolute atomic E-state index is 6.29. The minimum absolute atomic E-state index is 0.0303. The highest BCUT2D eigenvalue weighted by Crippen LogP contribution is 2.49. The Kier molecular flexibility index (Phi) is 3.59. The van der Waals surface area contributed by atoms with Crippen molar-refractivity contribution in [3.05, 3.63) is 84.7 Å². The van der Waals surface area contributed by atoms with E-state index in [-0.39, 0.29) is 6.17 Å². The van der Waals surface area contributed by atoms with E-state index < -0.39 is 0 Å². The molecule has 0 fully saturated rings. The van der Waals surface area contributed by atoms with E-state index in [2.05, 4.69) is 77.2 Å². The van der Waals surface area contributed by atoms with Crippen LogP contribution in [0.1, 0.15) is 12.5 Å². The van der Waals surface area contributed by atoms with E-state index in [1.807, 2.05) is 24.4 Å². The summed E-state index contributed by atoms with van der Waals surface area (Å²) in [6.45, 7) is 4.33. The van der Waals surface area contributed by atoms with Gasteiger partial charge in [0.25, 0.3) is 0 Å². The number of nitrogens with zero attached hydrogens (tertiary/aromatic N) is 4. The highest BCUT2D eigenvalue weighted by atomic mass is 16.3. The third-order valence-corrected chi connectivity index (χ3v) is 5.87. The molecule has 3 aromatic heterocycles. The van der Waals surface area contributed by atoms with E-state index in [4.69, 9.17) is 9.40 Å². The van der Waals surface area contributed by atoms with E-state index in [0.29, 0.717) is 5.71 Å². The van der Waals surface area contributed by atoms with Crippen LogP contribution in [0.3, 0.4) is 0 Å². The third kappa shape index (κ3) is 2.29. The van der Waals surface area contributed by atoms with Crippen LogP contribution in [0.2, 0.25) is 0 Å². The number of anilines is 4. The number of hydrogen-bond donors (Lipinski definition) is 0. The van der Waals surface area contributed by atoms with Crippen molar-refractivity contribution in [1.82, 2.24) is 9.97 Å². The van der Waals surface area contributed by atoms with Crippen LogP contribution >= 0.6 is 0 Å².